The number of rotatable bonds is 3. The van der Waals surface area contributed by atoms with E-state index in [4.69, 9.17) is 4.74 Å². The second-order valence-electron chi connectivity index (χ2n) is 5.76. The summed E-state index contributed by atoms with van der Waals surface area (Å²) in [4.78, 5) is 24.4. The van der Waals surface area contributed by atoms with E-state index >= 15 is 0 Å². The summed E-state index contributed by atoms with van der Waals surface area (Å²) in [7, 11) is 1.74. The summed E-state index contributed by atoms with van der Waals surface area (Å²) >= 11 is 0. The van der Waals surface area contributed by atoms with Gasteiger partial charge in [-0.25, -0.2) is 4.79 Å². The Morgan fingerprint density at radius 2 is 2.06 bits per heavy atom. The fourth-order valence-corrected chi connectivity index (χ4v) is 1.73. The molecule has 0 N–H and O–H groups in total. The summed E-state index contributed by atoms with van der Waals surface area (Å²) in [6.07, 6.45) is 4.54. The number of nitrogens with zero attached hydrogens (tertiary/aromatic N) is 1. The number of carbonyl (C=O) groups is 2. The Bertz CT molecular complexity index is 353. The molecule has 0 aromatic heterocycles. The van der Waals surface area contributed by atoms with Gasteiger partial charge in [-0.3, -0.25) is 4.79 Å². The first-order chi connectivity index (χ1) is 8.28. The molecule has 4 heteroatoms. The van der Waals surface area contributed by atoms with E-state index in [9.17, 15) is 9.59 Å². The number of carbonyl (C=O) groups excluding carboxylic acids is 2. The van der Waals surface area contributed by atoms with Gasteiger partial charge in [-0.2, -0.15) is 0 Å². The third-order valence-corrected chi connectivity index (χ3v) is 2.82. The van der Waals surface area contributed by atoms with E-state index in [1.54, 1.807) is 11.9 Å². The summed E-state index contributed by atoms with van der Waals surface area (Å²) in [5, 5.41) is 0. The van der Waals surface area contributed by atoms with Crippen LogP contribution in [-0.2, 0) is 9.53 Å². The maximum atomic E-state index is 11.7. The molecule has 0 atom stereocenters. The van der Waals surface area contributed by atoms with Crippen LogP contribution in [0.1, 0.15) is 46.5 Å². The minimum atomic E-state index is -0.456. The number of hydrogen-bond donors (Lipinski definition) is 0. The summed E-state index contributed by atoms with van der Waals surface area (Å²) in [5.41, 5.74) is 0.812. The van der Waals surface area contributed by atoms with E-state index in [0.717, 1.165) is 12.8 Å². The Morgan fingerprint density at radius 3 is 2.56 bits per heavy atom. The largest absolute Gasteiger partial charge is 0.444 e. The lowest BCUT2D eigenvalue weighted by atomic mass is 9.96. The highest BCUT2D eigenvalue weighted by Crippen LogP contribution is 2.18. The van der Waals surface area contributed by atoms with Crippen molar-refractivity contribution in [2.75, 3.05) is 13.6 Å². The van der Waals surface area contributed by atoms with Crippen LogP contribution >= 0.6 is 0 Å². The normalized spacial score (nSPS) is 16.2. The SMILES string of the molecule is CN(CCC1=CCC(=O)CC1)C(=O)OC(C)(C)C. The quantitative estimate of drug-likeness (QED) is 0.726. The number of allylic oxidation sites excluding steroid dienone is 1. The first-order valence-electron chi connectivity index (χ1n) is 6.41. The van der Waals surface area contributed by atoms with Crippen molar-refractivity contribution in [2.24, 2.45) is 0 Å². The number of Topliss-reactive ketones (excluding diaryl/α,β-unsaturated/α-hetero) is 1. The summed E-state index contributed by atoms with van der Waals surface area (Å²) in [5.74, 6) is 0.305. The molecule has 1 amide bonds. The Morgan fingerprint density at radius 1 is 1.39 bits per heavy atom. The lowest BCUT2D eigenvalue weighted by Crippen LogP contribution is -2.34. The Kier molecular flexibility index (Phi) is 4.93. The molecule has 4 nitrogen and oxygen atoms in total. The van der Waals surface area contributed by atoms with Crippen molar-refractivity contribution in [3.05, 3.63) is 11.6 Å². The van der Waals surface area contributed by atoms with Gasteiger partial charge in [-0.1, -0.05) is 11.6 Å². The average molecular weight is 253 g/mol. The van der Waals surface area contributed by atoms with Gasteiger partial charge in [0.25, 0.3) is 0 Å². The molecule has 0 saturated carbocycles. The predicted molar refractivity (Wildman–Crippen MR) is 70.4 cm³/mol. The molecule has 0 fully saturated rings. The van der Waals surface area contributed by atoms with Crippen LogP contribution in [0.5, 0.6) is 0 Å². The standard InChI is InChI=1S/C14H23NO3/c1-14(2,3)18-13(17)15(4)10-9-11-5-7-12(16)8-6-11/h5H,6-10H2,1-4H3. The van der Waals surface area contributed by atoms with E-state index in [1.807, 2.05) is 26.8 Å². The van der Waals surface area contributed by atoms with Gasteiger partial charge in [0.2, 0.25) is 0 Å². The minimum absolute atomic E-state index is 0.296. The van der Waals surface area contributed by atoms with Crippen LogP contribution in [0.25, 0.3) is 0 Å². The van der Waals surface area contributed by atoms with Crippen LogP contribution in [0, 0.1) is 0 Å². The first-order valence-corrected chi connectivity index (χ1v) is 6.41. The Balaban J connectivity index is 2.35. The predicted octanol–water partition coefficient (Wildman–Crippen LogP) is 2.92. The highest BCUT2D eigenvalue weighted by atomic mass is 16.6. The van der Waals surface area contributed by atoms with Crippen molar-refractivity contribution < 1.29 is 14.3 Å². The molecule has 1 rings (SSSR count). The van der Waals surface area contributed by atoms with Gasteiger partial charge in [-0.05, 0) is 33.6 Å². The van der Waals surface area contributed by atoms with Gasteiger partial charge < -0.3 is 9.64 Å². The fourth-order valence-electron chi connectivity index (χ4n) is 1.73. The van der Waals surface area contributed by atoms with Gasteiger partial charge in [0.15, 0.2) is 0 Å². The molecule has 0 radical (unpaired) electrons. The second-order valence-corrected chi connectivity index (χ2v) is 5.76. The minimum Gasteiger partial charge on any atom is -0.444 e. The molecule has 0 spiro atoms. The highest BCUT2D eigenvalue weighted by Gasteiger charge is 2.19. The molecule has 0 heterocycles. The van der Waals surface area contributed by atoms with E-state index in [2.05, 4.69) is 0 Å². The van der Waals surface area contributed by atoms with Crippen LogP contribution in [-0.4, -0.2) is 36.0 Å². The maximum Gasteiger partial charge on any atom is 0.410 e. The van der Waals surface area contributed by atoms with Crippen LogP contribution in [0.3, 0.4) is 0 Å². The Labute approximate surface area is 109 Å². The molecule has 18 heavy (non-hydrogen) atoms. The average Bonchev–Trinajstić information content (AvgIpc) is 2.25. The first kappa shape index (κ1) is 14.7. The zero-order valence-corrected chi connectivity index (χ0v) is 11.8. The van der Waals surface area contributed by atoms with E-state index in [1.165, 1.54) is 5.57 Å². The number of ketones is 1. The maximum absolute atomic E-state index is 11.7. The van der Waals surface area contributed by atoms with Crippen LogP contribution in [0.15, 0.2) is 11.6 Å². The van der Waals surface area contributed by atoms with E-state index < -0.39 is 5.60 Å². The van der Waals surface area contributed by atoms with E-state index in [0.29, 0.717) is 25.2 Å². The molecule has 1 aliphatic rings. The molecule has 0 aromatic rings. The van der Waals surface area contributed by atoms with Gasteiger partial charge in [0.1, 0.15) is 11.4 Å². The molecular weight excluding hydrogens is 230 g/mol. The molecule has 1 aliphatic carbocycles. The van der Waals surface area contributed by atoms with Gasteiger partial charge >= 0.3 is 6.09 Å². The Hall–Kier alpha value is -1.32. The molecule has 102 valence electrons. The number of ether oxygens (including phenoxy) is 1. The zero-order chi connectivity index (χ0) is 13.8. The second kappa shape index (κ2) is 6.03. The highest BCUT2D eigenvalue weighted by molar-refractivity contribution is 5.81. The topological polar surface area (TPSA) is 46.6 Å². The van der Waals surface area contributed by atoms with Crippen molar-refractivity contribution in [1.82, 2.24) is 4.90 Å². The monoisotopic (exact) mass is 253 g/mol. The van der Waals surface area contributed by atoms with Crippen molar-refractivity contribution in [1.29, 1.82) is 0 Å². The van der Waals surface area contributed by atoms with Crippen LogP contribution in [0.4, 0.5) is 4.79 Å². The third kappa shape index (κ3) is 5.34. The molecular formula is C14H23NO3. The zero-order valence-electron chi connectivity index (χ0n) is 11.8. The molecule has 0 bridgehead atoms. The van der Waals surface area contributed by atoms with E-state index in [-0.39, 0.29) is 6.09 Å². The van der Waals surface area contributed by atoms with Gasteiger partial charge in [0.05, 0.1) is 0 Å². The lowest BCUT2D eigenvalue weighted by molar-refractivity contribution is -0.118. The van der Waals surface area contributed by atoms with Crippen LogP contribution < -0.4 is 0 Å². The molecule has 0 aromatic carbocycles. The fraction of sp³-hybridized carbons (Fsp3) is 0.714. The summed E-state index contributed by atoms with van der Waals surface area (Å²) in [6, 6.07) is 0. The third-order valence-electron chi connectivity index (χ3n) is 2.82. The smallest absolute Gasteiger partial charge is 0.410 e. The van der Waals surface area contributed by atoms with Crippen molar-refractivity contribution in [3.8, 4) is 0 Å². The molecule has 0 unspecified atom stereocenters. The van der Waals surface area contributed by atoms with Gasteiger partial charge in [-0.15, -0.1) is 0 Å². The molecule has 0 saturated heterocycles. The summed E-state index contributed by atoms with van der Waals surface area (Å²) < 4.78 is 5.27. The van der Waals surface area contributed by atoms with Gasteiger partial charge in [0, 0.05) is 26.4 Å². The lowest BCUT2D eigenvalue weighted by Gasteiger charge is -2.25. The van der Waals surface area contributed by atoms with Crippen molar-refractivity contribution in [3.63, 3.8) is 0 Å². The van der Waals surface area contributed by atoms with Crippen LogP contribution in [0.2, 0.25) is 0 Å². The number of hydrogen-bond acceptors (Lipinski definition) is 3. The van der Waals surface area contributed by atoms with Crippen molar-refractivity contribution >= 4 is 11.9 Å². The van der Waals surface area contributed by atoms with Crippen molar-refractivity contribution in [2.45, 2.75) is 52.1 Å². The summed E-state index contributed by atoms with van der Waals surface area (Å²) in [6.45, 7) is 6.20. The molecule has 0 aliphatic heterocycles. The number of amides is 1.